The monoisotopic (exact) mass is 387 g/mol. The van der Waals surface area contributed by atoms with Crippen LogP contribution in [0.4, 0.5) is 21.6 Å². The number of carbonyl (C=O) groups excluding carboxylic acids is 1. The van der Waals surface area contributed by atoms with Gasteiger partial charge in [0.25, 0.3) is 0 Å². The Morgan fingerprint density at radius 3 is 2.85 bits per heavy atom. The molecule has 0 unspecified atom stereocenters. The topological polar surface area (TPSA) is 77.2 Å². The highest BCUT2D eigenvalue weighted by atomic mass is 127. The van der Waals surface area contributed by atoms with Crippen molar-refractivity contribution in [3.8, 4) is 0 Å². The third-order valence-electron chi connectivity index (χ3n) is 2.58. The van der Waals surface area contributed by atoms with Gasteiger partial charge in [0, 0.05) is 9.77 Å². The summed E-state index contributed by atoms with van der Waals surface area (Å²) in [7, 11) is 1.28. The van der Waals surface area contributed by atoms with Crippen molar-refractivity contribution in [1.29, 1.82) is 0 Å². The third-order valence-corrected chi connectivity index (χ3v) is 3.47. The number of benzene rings is 1. The van der Waals surface area contributed by atoms with Gasteiger partial charge in [0.2, 0.25) is 0 Å². The number of hydrogen-bond acceptors (Lipinski definition) is 5. The molecular formula is C13H11FIN3O2. The molecule has 0 aliphatic carbocycles. The van der Waals surface area contributed by atoms with Crippen LogP contribution in [-0.4, -0.2) is 18.1 Å². The Hall–Kier alpha value is -1.90. The molecule has 0 atom stereocenters. The van der Waals surface area contributed by atoms with Gasteiger partial charge in [-0.05, 0) is 46.9 Å². The molecule has 0 saturated heterocycles. The van der Waals surface area contributed by atoms with E-state index in [0.717, 1.165) is 0 Å². The Labute approximate surface area is 128 Å². The molecule has 0 bridgehead atoms. The van der Waals surface area contributed by atoms with Crippen LogP contribution in [0, 0.1) is 9.39 Å². The fourth-order valence-corrected chi connectivity index (χ4v) is 2.19. The molecule has 1 aromatic heterocycles. The van der Waals surface area contributed by atoms with Crippen molar-refractivity contribution >= 4 is 45.8 Å². The highest BCUT2D eigenvalue weighted by Gasteiger charge is 2.14. The summed E-state index contributed by atoms with van der Waals surface area (Å²) in [6.45, 7) is 0. The average molecular weight is 387 g/mol. The summed E-state index contributed by atoms with van der Waals surface area (Å²) in [5.74, 6) is -0.552. The van der Waals surface area contributed by atoms with Crippen molar-refractivity contribution in [2.75, 3.05) is 18.2 Å². The fourth-order valence-electron chi connectivity index (χ4n) is 1.58. The van der Waals surface area contributed by atoms with E-state index in [9.17, 15) is 9.18 Å². The van der Waals surface area contributed by atoms with Crippen LogP contribution in [0.15, 0.2) is 30.5 Å². The van der Waals surface area contributed by atoms with E-state index in [1.54, 1.807) is 6.07 Å². The predicted molar refractivity (Wildman–Crippen MR) is 82.4 cm³/mol. The van der Waals surface area contributed by atoms with Crippen molar-refractivity contribution in [3.05, 3.63) is 45.4 Å². The highest BCUT2D eigenvalue weighted by molar-refractivity contribution is 14.1. The lowest BCUT2D eigenvalue weighted by molar-refractivity contribution is 0.0602. The fraction of sp³-hybridized carbons (Fsp3) is 0.0769. The Morgan fingerprint density at radius 1 is 1.45 bits per heavy atom. The second kappa shape index (κ2) is 6.04. The predicted octanol–water partition coefficient (Wildman–Crippen LogP) is 2.94. The van der Waals surface area contributed by atoms with Crippen molar-refractivity contribution in [2.45, 2.75) is 0 Å². The molecular weight excluding hydrogens is 376 g/mol. The summed E-state index contributed by atoms with van der Waals surface area (Å²) in [6.07, 6.45) is 1.45. The van der Waals surface area contributed by atoms with Crippen LogP contribution in [0.5, 0.6) is 0 Å². The third kappa shape index (κ3) is 2.98. The zero-order valence-electron chi connectivity index (χ0n) is 10.5. The first kappa shape index (κ1) is 14.5. The van der Waals surface area contributed by atoms with E-state index in [4.69, 9.17) is 5.73 Å². The first-order valence-corrected chi connectivity index (χ1v) is 6.65. The average Bonchev–Trinajstić information content (AvgIpc) is 2.43. The summed E-state index contributed by atoms with van der Waals surface area (Å²) < 4.78 is 18.4. The number of carbonyl (C=O) groups is 1. The van der Waals surface area contributed by atoms with Crippen LogP contribution in [0.2, 0.25) is 0 Å². The van der Waals surface area contributed by atoms with E-state index in [2.05, 4.69) is 15.0 Å². The van der Waals surface area contributed by atoms with Crippen molar-refractivity contribution in [1.82, 2.24) is 4.98 Å². The molecule has 0 spiro atoms. The molecule has 0 amide bonds. The molecule has 1 heterocycles. The summed E-state index contributed by atoms with van der Waals surface area (Å²) in [5, 5.41) is 2.97. The van der Waals surface area contributed by atoms with E-state index in [0.29, 0.717) is 15.1 Å². The SMILES string of the molecule is COC(=O)c1ccnc(Nc2ccc(F)cc2I)c1N. The Morgan fingerprint density at radius 2 is 2.20 bits per heavy atom. The molecule has 0 fully saturated rings. The highest BCUT2D eigenvalue weighted by Crippen LogP contribution is 2.27. The summed E-state index contributed by atoms with van der Waals surface area (Å²) >= 11 is 1.99. The maximum absolute atomic E-state index is 13.0. The number of pyridine rings is 1. The van der Waals surface area contributed by atoms with Gasteiger partial charge in [-0.1, -0.05) is 0 Å². The molecule has 5 nitrogen and oxygen atoms in total. The molecule has 20 heavy (non-hydrogen) atoms. The smallest absolute Gasteiger partial charge is 0.340 e. The van der Waals surface area contributed by atoms with Gasteiger partial charge in [-0.15, -0.1) is 0 Å². The lowest BCUT2D eigenvalue weighted by Gasteiger charge is -2.12. The number of esters is 1. The quantitative estimate of drug-likeness (QED) is 0.626. The number of nitrogens with zero attached hydrogens (tertiary/aromatic N) is 1. The molecule has 104 valence electrons. The standard InChI is InChI=1S/C13H11FIN3O2/c1-20-13(19)8-4-5-17-12(11(8)16)18-10-3-2-7(14)6-9(10)15/h2-6H,16H2,1H3,(H,17,18). The van der Waals surface area contributed by atoms with E-state index >= 15 is 0 Å². The van der Waals surface area contributed by atoms with Gasteiger partial charge in [-0.2, -0.15) is 0 Å². The summed E-state index contributed by atoms with van der Waals surface area (Å²) in [6, 6.07) is 5.75. The molecule has 0 saturated carbocycles. The second-order valence-corrected chi connectivity index (χ2v) is 5.02. The Balaban J connectivity index is 2.37. The van der Waals surface area contributed by atoms with E-state index in [1.165, 1.54) is 31.5 Å². The molecule has 2 rings (SSSR count). The van der Waals surface area contributed by atoms with Crippen LogP contribution in [0.3, 0.4) is 0 Å². The lowest BCUT2D eigenvalue weighted by atomic mass is 10.2. The van der Waals surface area contributed by atoms with Crippen molar-refractivity contribution in [3.63, 3.8) is 0 Å². The van der Waals surface area contributed by atoms with E-state index in [1.807, 2.05) is 22.6 Å². The van der Waals surface area contributed by atoms with Gasteiger partial charge >= 0.3 is 5.97 Å². The number of nitrogens with one attached hydrogen (secondary N) is 1. The Bertz CT molecular complexity index is 664. The van der Waals surface area contributed by atoms with Crippen LogP contribution in [0.25, 0.3) is 0 Å². The molecule has 0 aliphatic heterocycles. The second-order valence-electron chi connectivity index (χ2n) is 3.86. The number of nitrogens with two attached hydrogens (primary N) is 1. The number of halogens is 2. The minimum atomic E-state index is -0.540. The minimum absolute atomic E-state index is 0.180. The first-order chi connectivity index (χ1) is 9.52. The van der Waals surface area contributed by atoms with Crippen LogP contribution in [-0.2, 0) is 4.74 Å². The number of rotatable bonds is 3. The minimum Gasteiger partial charge on any atom is -0.465 e. The lowest BCUT2D eigenvalue weighted by Crippen LogP contribution is -2.09. The van der Waals surface area contributed by atoms with Crippen LogP contribution >= 0.6 is 22.6 Å². The largest absolute Gasteiger partial charge is 0.465 e. The van der Waals surface area contributed by atoms with Crippen LogP contribution < -0.4 is 11.1 Å². The number of ether oxygens (including phenoxy) is 1. The summed E-state index contributed by atoms with van der Waals surface area (Å²) in [4.78, 5) is 15.6. The number of methoxy groups -OCH3 is 1. The molecule has 7 heteroatoms. The van der Waals surface area contributed by atoms with Gasteiger partial charge in [0.15, 0.2) is 5.82 Å². The number of hydrogen-bond donors (Lipinski definition) is 2. The maximum atomic E-state index is 13.0. The molecule has 0 radical (unpaired) electrons. The number of aromatic nitrogens is 1. The zero-order chi connectivity index (χ0) is 14.7. The first-order valence-electron chi connectivity index (χ1n) is 5.57. The van der Waals surface area contributed by atoms with Gasteiger partial charge in [0.1, 0.15) is 5.82 Å². The zero-order valence-corrected chi connectivity index (χ0v) is 12.6. The van der Waals surface area contributed by atoms with E-state index in [-0.39, 0.29) is 17.1 Å². The van der Waals surface area contributed by atoms with Gasteiger partial charge in [-0.25, -0.2) is 14.2 Å². The number of anilines is 3. The van der Waals surface area contributed by atoms with E-state index < -0.39 is 5.97 Å². The number of nitrogen functional groups attached to an aromatic ring is 1. The maximum Gasteiger partial charge on any atom is 0.340 e. The molecule has 1 aromatic carbocycles. The van der Waals surface area contributed by atoms with Crippen molar-refractivity contribution < 1.29 is 13.9 Å². The normalized spacial score (nSPS) is 10.2. The molecule has 3 N–H and O–H groups in total. The van der Waals surface area contributed by atoms with Crippen molar-refractivity contribution in [2.24, 2.45) is 0 Å². The Kier molecular flexibility index (Phi) is 4.38. The van der Waals surface area contributed by atoms with Gasteiger partial charge in [0.05, 0.1) is 24.0 Å². The molecule has 0 aliphatic rings. The van der Waals surface area contributed by atoms with Crippen LogP contribution in [0.1, 0.15) is 10.4 Å². The summed E-state index contributed by atoms with van der Waals surface area (Å²) in [5.41, 5.74) is 6.94. The molecule has 2 aromatic rings. The van der Waals surface area contributed by atoms with Gasteiger partial charge in [-0.3, -0.25) is 0 Å². The van der Waals surface area contributed by atoms with Gasteiger partial charge < -0.3 is 15.8 Å².